The molecule has 1 saturated heterocycles. The number of aryl methyl sites for hydroxylation is 1. The minimum Gasteiger partial charge on any atom is -0.467 e. The summed E-state index contributed by atoms with van der Waals surface area (Å²) in [4.78, 5) is 11.8. The van der Waals surface area contributed by atoms with Gasteiger partial charge < -0.3 is 15.1 Å². The Hall–Kier alpha value is -1.88. The average molecular weight is 286 g/mol. The Morgan fingerprint density at radius 3 is 2.90 bits per heavy atom. The molecule has 1 amide bonds. The lowest BCUT2D eigenvalue weighted by Crippen LogP contribution is -2.35. The van der Waals surface area contributed by atoms with Crippen LogP contribution in [0.5, 0.6) is 0 Å². The van der Waals surface area contributed by atoms with E-state index in [1.807, 2.05) is 12.1 Å². The molecular formula is C15H14N2O2S. The van der Waals surface area contributed by atoms with Crippen LogP contribution in [-0.4, -0.2) is 10.5 Å². The number of benzene rings is 1. The van der Waals surface area contributed by atoms with Crippen LogP contribution in [0, 0.1) is 6.92 Å². The van der Waals surface area contributed by atoms with E-state index in [-0.39, 0.29) is 22.6 Å². The molecule has 3 heterocycles. The van der Waals surface area contributed by atoms with Gasteiger partial charge in [0, 0.05) is 5.69 Å². The molecule has 1 aromatic heterocycles. The number of hydrogen-bond donors (Lipinski definition) is 2. The molecule has 1 fully saturated rings. The van der Waals surface area contributed by atoms with Gasteiger partial charge >= 0.3 is 0 Å². The van der Waals surface area contributed by atoms with Crippen LogP contribution in [0.4, 0.5) is 10.5 Å². The van der Waals surface area contributed by atoms with E-state index in [2.05, 4.69) is 35.8 Å². The Balaban J connectivity index is 1.82. The van der Waals surface area contributed by atoms with Crippen LogP contribution in [0.25, 0.3) is 0 Å². The fourth-order valence-electron chi connectivity index (χ4n) is 2.97. The van der Waals surface area contributed by atoms with Crippen molar-refractivity contribution < 1.29 is 9.21 Å². The molecule has 0 spiro atoms. The molecule has 2 aliphatic rings. The summed E-state index contributed by atoms with van der Waals surface area (Å²) in [5.74, 6) is 0.871. The highest BCUT2D eigenvalue weighted by Gasteiger charge is 2.45. The van der Waals surface area contributed by atoms with Crippen molar-refractivity contribution in [1.29, 1.82) is 0 Å². The molecular weight excluding hydrogens is 272 g/mol. The van der Waals surface area contributed by atoms with E-state index in [4.69, 9.17) is 4.42 Å². The number of hydrogen-bond acceptors (Lipinski definition) is 4. The topological polar surface area (TPSA) is 54.3 Å². The van der Waals surface area contributed by atoms with Crippen molar-refractivity contribution in [3.8, 4) is 0 Å². The normalized spacial score (nSPS) is 27.4. The fraction of sp³-hybridized carbons (Fsp3) is 0.267. The first-order chi connectivity index (χ1) is 9.72. The number of furan rings is 1. The van der Waals surface area contributed by atoms with Crippen LogP contribution >= 0.6 is 11.8 Å². The third-order valence-corrected chi connectivity index (χ3v) is 5.02. The van der Waals surface area contributed by atoms with Gasteiger partial charge in [-0.1, -0.05) is 29.5 Å². The molecule has 102 valence electrons. The van der Waals surface area contributed by atoms with Gasteiger partial charge in [0.2, 0.25) is 0 Å². The largest absolute Gasteiger partial charge is 0.467 e. The van der Waals surface area contributed by atoms with Crippen LogP contribution in [-0.2, 0) is 0 Å². The van der Waals surface area contributed by atoms with E-state index in [1.165, 1.54) is 17.3 Å². The molecule has 5 heteroatoms. The Bertz CT molecular complexity index is 669. The lowest BCUT2D eigenvalue weighted by molar-refractivity contribution is 0.259. The Morgan fingerprint density at radius 1 is 1.20 bits per heavy atom. The second-order valence-corrected chi connectivity index (χ2v) is 6.37. The summed E-state index contributed by atoms with van der Waals surface area (Å²) in [6, 6.07) is 10.2. The van der Waals surface area contributed by atoms with E-state index in [1.54, 1.807) is 6.26 Å². The van der Waals surface area contributed by atoms with E-state index < -0.39 is 0 Å². The SMILES string of the molecule is Cc1ccc2c(c1)[C@@H]1NC(=O)S[C@H]1[C@H](c1ccco1)N2. The van der Waals surface area contributed by atoms with Gasteiger partial charge in [0.05, 0.1) is 23.6 Å². The van der Waals surface area contributed by atoms with Crippen LogP contribution < -0.4 is 10.6 Å². The summed E-state index contributed by atoms with van der Waals surface area (Å²) < 4.78 is 5.54. The van der Waals surface area contributed by atoms with Gasteiger partial charge in [-0.25, -0.2) is 0 Å². The predicted molar refractivity (Wildman–Crippen MR) is 78.9 cm³/mol. The Morgan fingerprint density at radius 2 is 2.10 bits per heavy atom. The molecule has 3 atom stereocenters. The van der Waals surface area contributed by atoms with E-state index >= 15 is 0 Å². The zero-order valence-corrected chi connectivity index (χ0v) is 11.7. The molecule has 2 aliphatic heterocycles. The highest BCUT2D eigenvalue weighted by molar-refractivity contribution is 8.14. The van der Waals surface area contributed by atoms with Crippen molar-refractivity contribution in [3.05, 3.63) is 53.5 Å². The zero-order chi connectivity index (χ0) is 13.7. The molecule has 0 unspecified atom stereocenters. The van der Waals surface area contributed by atoms with Crippen LogP contribution in [0.15, 0.2) is 41.0 Å². The number of fused-ring (bicyclic) bond motifs is 3. The summed E-state index contributed by atoms with van der Waals surface area (Å²) in [5.41, 5.74) is 3.43. The van der Waals surface area contributed by atoms with Crippen LogP contribution in [0.2, 0.25) is 0 Å². The van der Waals surface area contributed by atoms with E-state index in [9.17, 15) is 4.79 Å². The summed E-state index contributed by atoms with van der Waals surface area (Å²) in [7, 11) is 0. The number of amides is 1. The maximum atomic E-state index is 11.8. The number of anilines is 1. The van der Waals surface area contributed by atoms with E-state index in [0.29, 0.717) is 0 Å². The van der Waals surface area contributed by atoms with Crippen molar-refractivity contribution in [2.24, 2.45) is 0 Å². The van der Waals surface area contributed by atoms with Gasteiger partial charge in [-0.05, 0) is 30.7 Å². The van der Waals surface area contributed by atoms with Crippen molar-refractivity contribution in [3.63, 3.8) is 0 Å². The first kappa shape index (κ1) is 11.9. The first-order valence-electron chi connectivity index (χ1n) is 6.60. The third-order valence-electron chi connectivity index (χ3n) is 3.88. The van der Waals surface area contributed by atoms with Gasteiger partial charge in [-0.15, -0.1) is 0 Å². The van der Waals surface area contributed by atoms with Gasteiger partial charge in [-0.3, -0.25) is 4.79 Å². The lowest BCUT2D eigenvalue weighted by Gasteiger charge is -2.34. The number of carbonyl (C=O) groups excluding carboxylic acids is 1. The number of thioether (sulfide) groups is 1. The highest BCUT2D eigenvalue weighted by Crippen LogP contribution is 2.48. The predicted octanol–water partition coefficient (Wildman–Crippen LogP) is 3.62. The van der Waals surface area contributed by atoms with Crippen LogP contribution in [0.3, 0.4) is 0 Å². The average Bonchev–Trinajstić information content (AvgIpc) is 3.06. The molecule has 4 rings (SSSR count). The van der Waals surface area contributed by atoms with Crippen LogP contribution in [0.1, 0.15) is 29.0 Å². The van der Waals surface area contributed by atoms with Gasteiger partial charge in [0.1, 0.15) is 5.76 Å². The smallest absolute Gasteiger partial charge is 0.280 e. The first-order valence-corrected chi connectivity index (χ1v) is 7.48. The lowest BCUT2D eigenvalue weighted by atomic mass is 9.90. The maximum absolute atomic E-state index is 11.8. The highest BCUT2D eigenvalue weighted by atomic mass is 32.2. The monoisotopic (exact) mass is 286 g/mol. The summed E-state index contributed by atoms with van der Waals surface area (Å²) in [6.07, 6.45) is 1.67. The Labute approximate surface area is 120 Å². The quantitative estimate of drug-likeness (QED) is 0.840. The van der Waals surface area contributed by atoms with Gasteiger partial charge in [0.25, 0.3) is 5.24 Å². The molecule has 20 heavy (non-hydrogen) atoms. The molecule has 2 N–H and O–H groups in total. The molecule has 2 aromatic rings. The second-order valence-electron chi connectivity index (χ2n) is 5.22. The summed E-state index contributed by atoms with van der Waals surface area (Å²) >= 11 is 1.35. The number of carbonyl (C=O) groups is 1. The van der Waals surface area contributed by atoms with Gasteiger partial charge in [-0.2, -0.15) is 0 Å². The minimum absolute atomic E-state index is 0.00848. The molecule has 0 saturated carbocycles. The summed E-state index contributed by atoms with van der Waals surface area (Å²) in [6.45, 7) is 2.07. The number of rotatable bonds is 1. The summed E-state index contributed by atoms with van der Waals surface area (Å²) in [5, 5.41) is 6.73. The molecule has 0 radical (unpaired) electrons. The van der Waals surface area contributed by atoms with Crippen molar-refractivity contribution >= 4 is 22.7 Å². The molecule has 1 aromatic carbocycles. The van der Waals surface area contributed by atoms with E-state index in [0.717, 1.165) is 17.0 Å². The van der Waals surface area contributed by atoms with Crippen molar-refractivity contribution in [1.82, 2.24) is 5.32 Å². The molecule has 0 bridgehead atoms. The third kappa shape index (κ3) is 1.73. The molecule has 0 aliphatic carbocycles. The molecule has 4 nitrogen and oxygen atoms in total. The standard InChI is InChI=1S/C15H14N2O2S/c1-8-4-5-10-9(7-8)12-14(20-15(18)17-12)13(16-10)11-3-2-6-19-11/h2-7,12-14,16H,1H3,(H,17,18)/t12-,13-,14+/m0/s1. The maximum Gasteiger partial charge on any atom is 0.280 e. The van der Waals surface area contributed by atoms with Crippen molar-refractivity contribution in [2.45, 2.75) is 24.3 Å². The Kier molecular flexibility index (Phi) is 2.57. The fourth-order valence-corrected chi connectivity index (χ4v) is 4.10. The second kappa shape index (κ2) is 4.31. The minimum atomic E-state index is 0.00848. The zero-order valence-electron chi connectivity index (χ0n) is 10.9. The van der Waals surface area contributed by atoms with Crippen molar-refractivity contribution in [2.75, 3.05) is 5.32 Å². The number of nitrogens with one attached hydrogen (secondary N) is 2. The van der Waals surface area contributed by atoms with Gasteiger partial charge in [0.15, 0.2) is 0 Å².